The molecular formula is C18H19FN4OS. The molecule has 1 unspecified atom stereocenters. The van der Waals surface area contributed by atoms with E-state index in [9.17, 15) is 9.18 Å². The number of fused-ring (bicyclic) bond motifs is 1. The molecule has 2 aromatic heterocycles. The third kappa shape index (κ3) is 2.63. The van der Waals surface area contributed by atoms with Crippen LogP contribution in [-0.2, 0) is 7.05 Å². The van der Waals surface area contributed by atoms with Crippen LogP contribution in [0, 0.1) is 12.7 Å². The van der Waals surface area contributed by atoms with Gasteiger partial charge in [-0.1, -0.05) is 6.07 Å². The van der Waals surface area contributed by atoms with E-state index in [0.717, 1.165) is 22.6 Å². The van der Waals surface area contributed by atoms with Crippen LogP contribution in [-0.4, -0.2) is 40.0 Å². The van der Waals surface area contributed by atoms with Crippen LogP contribution >= 0.6 is 11.3 Å². The number of nitrogens with zero attached hydrogens (tertiary/aromatic N) is 3. The van der Waals surface area contributed by atoms with Gasteiger partial charge in [-0.25, -0.2) is 9.37 Å². The fraction of sp³-hybridized carbons (Fsp3) is 0.333. The summed E-state index contributed by atoms with van der Waals surface area (Å²) in [5, 5.41) is 3.89. The van der Waals surface area contributed by atoms with Crippen LogP contribution in [0.3, 0.4) is 0 Å². The minimum atomic E-state index is -0.272. The van der Waals surface area contributed by atoms with Gasteiger partial charge < -0.3 is 14.8 Å². The monoisotopic (exact) mass is 358 g/mol. The topological polar surface area (TPSA) is 50.2 Å². The molecule has 130 valence electrons. The van der Waals surface area contributed by atoms with Gasteiger partial charge in [-0.3, -0.25) is 4.79 Å². The average molecular weight is 358 g/mol. The average Bonchev–Trinajstić information content (AvgIpc) is 3.18. The Bertz CT molecular complexity index is 948. The van der Waals surface area contributed by atoms with Crippen LogP contribution in [0.2, 0.25) is 0 Å². The standard InChI is InChI=1S/C18H19FN4OS/c1-11-15-12(19)4-3-5-14(15)25-16(11)18(24)23-9-6-20-10-13(23)17-21-7-8-22(17)2/h3-5,7-8,13,20H,6,9-10H2,1-2H3. The molecule has 5 nitrogen and oxygen atoms in total. The Balaban J connectivity index is 1.75. The number of hydrogen-bond acceptors (Lipinski definition) is 4. The molecule has 1 amide bonds. The first-order chi connectivity index (χ1) is 12.1. The molecule has 0 aliphatic carbocycles. The van der Waals surface area contributed by atoms with E-state index in [4.69, 9.17) is 0 Å². The minimum absolute atomic E-state index is 0.0485. The Morgan fingerprint density at radius 1 is 1.44 bits per heavy atom. The summed E-state index contributed by atoms with van der Waals surface area (Å²) in [6.07, 6.45) is 3.62. The van der Waals surface area contributed by atoms with E-state index in [1.807, 2.05) is 35.7 Å². The third-order valence-corrected chi connectivity index (χ3v) is 6.00. The normalized spacial score (nSPS) is 18.0. The van der Waals surface area contributed by atoms with E-state index in [1.54, 1.807) is 12.3 Å². The first-order valence-electron chi connectivity index (χ1n) is 8.24. The number of thiophene rings is 1. The molecule has 25 heavy (non-hydrogen) atoms. The summed E-state index contributed by atoms with van der Waals surface area (Å²) in [6, 6.07) is 4.86. The summed E-state index contributed by atoms with van der Waals surface area (Å²) >= 11 is 1.36. The molecule has 0 spiro atoms. The van der Waals surface area contributed by atoms with Crippen LogP contribution in [0.25, 0.3) is 10.1 Å². The predicted octanol–water partition coefficient (Wildman–Crippen LogP) is 2.87. The number of rotatable bonds is 2. The van der Waals surface area contributed by atoms with Crippen molar-refractivity contribution in [1.29, 1.82) is 0 Å². The number of carbonyl (C=O) groups excluding carboxylic acids is 1. The van der Waals surface area contributed by atoms with Gasteiger partial charge in [0.15, 0.2) is 0 Å². The van der Waals surface area contributed by atoms with Crippen molar-refractivity contribution in [2.24, 2.45) is 7.05 Å². The number of amides is 1. The van der Waals surface area contributed by atoms with Gasteiger partial charge in [0.05, 0.1) is 4.88 Å². The number of nitrogens with one attached hydrogen (secondary N) is 1. The lowest BCUT2D eigenvalue weighted by Crippen LogP contribution is -2.49. The molecule has 0 saturated carbocycles. The summed E-state index contributed by atoms with van der Waals surface area (Å²) < 4.78 is 16.9. The molecule has 7 heteroatoms. The smallest absolute Gasteiger partial charge is 0.264 e. The van der Waals surface area contributed by atoms with Crippen molar-refractivity contribution in [1.82, 2.24) is 19.8 Å². The van der Waals surface area contributed by atoms with Crippen molar-refractivity contribution >= 4 is 27.3 Å². The number of aryl methyl sites for hydroxylation is 2. The molecule has 3 heterocycles. The molecule has 1 N–H and O–H groups in total. The molecule has 1 fully saturated rings. The third-order valence-electron chi connectivity index (χ3n) is 4.76. The zero-order chi connectivity index (χ0) is 17.6. The number of aromatic nitrogens is 2. The minimum Gasteiger partial charge on any atom is -0.336 e. The Hall–Kier alpha value is -2.25. The maximum atomic E-state index is 14.2. The first-order valence-corrected chi connectivity index (χ1v) is 9.06. The van der Waals surface area contributed by atoms with Crippen LogP contribution in [0.5, 0.6) is 0 Å². The van der Waals surface area contributed by atoms with E-state index < -0.39 is 0 Å². The van der Waals surface area contributed by atoms with Gasteiger partial charge in [0.2, 0.25) is 0 Å². The van der Waals surface area contributed by atoms with Crippen LogP contribution in [0.15, 0.2) is 30.6 Å². The zero-order valence-electron chi connectivity index (χ0n) is 14.1. The molecule has 1 aliphatic rings. The molecule has 1 aromatic carbocycles. The van der Waals surface area contributed by atoms with Gasteiger partial charge in [-0.05, 0) is 24.6 Å². The van der Waals surface area contributed by atoms with Gasteiger partial charge in [-0.2, -0.15) is 0 Å². The highest BCUT2D eigenvalue weighted by atomic mass is 32.1. The quantitative estimate of drug-likeness (QED) is 0.766. The van der Waals surface area contributed by atoms with Crippen molar-refractivity contribution in [3.63, 3.8) is 0 Å². The molecule has 1 atom stereocenters. The highest BCUT2D eigenvalue weighted by Crippen LogP contribution is 2.35. The summed E-state index contributed by atoms with van der Waals surface area (Å²) in [4.78, 5) is 20.2. The number of imidazole rings is 1. The summed E-state index contributed by atoms with van der Waals surface area (Å²) in [6.45, 7) is 3.83. The number of piperazine rings is 1. The molecule has 4 rings (SSSR count). The Labute approximate surface area is 149 Å². The Morgan fingerprint density at radius 2 is 2.28 bits per heavy atom. The molecule has 0 bridgehead atoms. The largest absolute Gasteiger partial charge is 0.336 e. The van der Waals surface area contributed by atoms with Crippen molar-refractivity contribution in [3.8, 4) is 0 Å². The van der Waals surface area contributed by atoms with Crippen molar-refractivity contribution in [2.75, 3.05) is 19.6 Å². The van der Waals surface area contributed by atoms with E-state index in [2.05, 4.69) is 10.3 Å². The lowest BCUT2D eigenvalue weighted by Gasteiger charge is -2.35. The highest BCUT2D eigenvalue weighted by molar-refractivity contribution is 7.21. The molecule has 3 aromatic rings. The predicted molar refractivity (Wildman–Crippen MR) is 96.4 cm³/mol. The van der Waals surface area contributed by atoms with Gasteiger partial charge in [0.1, 0.15) is 17.7 Å². The summed E-state index contributed by atoms with van der Waals surface area (Å²) in [5.74, 6) is 0.532. The first kappa shape index (κ1) is 16.2. The molecular weight excluding hydrogens is 339 g/mol. The summed E-state index contributed by atoms with van der Waals surface area (Å²) in [7, 11) is 1.93. The molecule has 1 saturated heterocycles. The number of carbonyl (C=O) groups is 1. The van der Waals surface area contributed by atoms with Gasteiger partial charge in [0.25, 0.3) is 5.91 Å². The van der Waals surface area contributed by atoms with Crippen LogP contribution in [0.4, 0.5) is 4.39 Å². The number of hydrogen-bond donors (Lipinski definition) is 1. The van der Waals surface area contributed by atoms with E-state index in [0.29, 0.717) is 23.4 Å². The van der Waals surface area contributed by atoms with E-state index in [-0.39, 0.29) is 17.8 Å². The fourth-order valence-electron chi connectivity index (χ4n) is 3.46. The second-order valence-electron chi connectivity index (χ2n) is 6.28. The van der Waals surface area contributed by atoms with Crippen molar-refractivity contribution in [2.45, 2.75) is 13.0 Å². The number of benzene rings is 1. The van der Waals surface area contributed by atoms with E-state index >= 15 is 0 Å². The molecule has 0 radical (unpaired) electrons. The molecule has 1 aliphatic heterocycles. The van der Waals surface area contributed by atoms with Gasteiger partial charge in [0, 0.05) is 49.2 Å². The summed E-state index contributed by atoms with van der Waals surface area (Å²) in [5.41, 5.74) is 0.722. The fourth-order valence-corrected chi connectivity index (χ4v) is 4.64. The van der Waals surface area contributed by atoms with Crippen molar-refractivity contribution < 1.29 is 9.18 Å². The van der Waals surface area contributed by atoms with Crippen LogP contribution < -0.4 is 5.32 Å². The highest BCUT2D eigenvalue weighted by Gasteiger charge is 2.33. The van der Waals surface area contributed by atoms with Gasteiger partial charge in [-0.15, -0.1) is 11.3 Å². The number of halogens is 1. The second-order valence-corrected chi connectivity index (χ2v) is 7.34. The maximum absolute atomic E-state index is 14.2. The SMILES string of the molecule is Cc1c(C(=O)N2CCNCC2c2nccn2C)sc2cccc(F)c12. The lowest BCUT2D eigenvalue weighted by atomic mass is 10.1. The Kier molecular flexibility index (Phi) is 4.05. The Morgan fingerprint density at radius 3 is 3.00 bits per heavy atom. The van der Waals surface area contributed by atoms with Crippen LogP contribution in [0.1, 0.15) is 27.1 Å². The van der Waals surface area contributed by atoms with Crippen molar-refractivity contribution in [3.05, 3.63) is 52.7 Å². The van der Waals surface area contributed by atoms with Gasteiger partial charge >= 0.3 is 0 Å². The lowest BCUT2D eigenvalue weighted by molar-refractivity contribution is 0.0625. The van der Waals surface area contributed by atoms with E-state index in [1.165, 1.54) is 17.4 Å². The second kappa shape index (κ2) is 6.24. The maximum Gasteiger partial charge on any atom is 0.264 e. The zero-order valence-corrected chi connectivity index (χ0v) is 14.9.